The van der Waals surface area contributed by atoms with E-state index in [0.717, 1.165) is 6.54 Å². The third kappa shape index (κ3) is 1.58. The maximum absolute atomic E-state index is 5.72. The number of hydrogen-bond donors (Lipinski definition) is 1. The Bertz CT molecular complexity index is 278. The molecule has 1 aliphatic carbocycles. The Morgan fingerprint density at radius 1 is 1.58 bits per heavy atom. The summed E-state index contributed by atoms with van der Waals surface area (Å²) in [7, 11) is 0. The van der Waals surface area contributed by atoms with Crippen molar-refractivity contribution in [3.63, 3.8) is 0 Å². The van der Waals surface area contributed by atoms with Gasteiger partial charge in [-0.05, 0) is 58.6 Å². The molecule has 1 nitrogen and oxygen atoms in total. The van der Waals surface area contributed by atoms with Gasteiger partial charge in [0.1, 0.15) is 0 Å². The van der Waals surface area contributed by atoms with E-state index in [0.29, 0.717) is 5.41 Å². The molecule has 0 atom stereocenters. The Morgan fingerprint density at radius 3 is 2.75 bits per heavy atom. The fourth-order valence-corrected chi connectivity index (χ4v) is 3.09. The summed E-state index contributed by atoms with van der Waals surface area (Å²) in [4.78, 5) is 1.46. The molecular weight excluding hydrogens is 234 g/mol. The zero-order valence-electron chi connectivity index (χ0n) is 6.85. The van der Waals surface area contributed by atoms with Crippen LogP contribution in [0.4, 0.5) is 0 Å². The molecule has 0 saturated heterocycles. The highest BCUT2D eigenvalue weighted by molar-refractivity contribution is 9.10. The van der Waals surface area contributed by atoms with Crippen LogP contribution in [0, 0.1) is 5.41 Å². The lowest BCUT2D eigenvalue weighted by molar-refractivity contribution is 0.525. The predicted molar refractivity (Wildman–Crippen MR) is 56.4 cm³/mol. The van der Waals surface area contributed by atoms with Crippen molar-refractivity contribution in [1.29, 1.82) is 0 Å². The number of hydrogen-bond acceptors (Lipinski definition) is 2. The zero-order valence-corrected chi connectivity index (χ0v) is 9.25. The average Bonchev–Trinajstić information content (AvgIpc) is 2.74. The number of thiophene rings is 1. The van der Waals surface area contributed by atoms with Crippen molar-refractivity contribution in [1.82, 2.24) is 0 Å². The maximum Gasteiger partial charge on any atom is 0.0314 e. The molecule has 0 bridgehead atoms. The topological polar surface area (TPSA) is 26.0 Å². The van der Waals surface area contributed by atoms with E-state index in [9.17, 15) is 0 Å². The molecule has 0 aliphatic heterocycles. The highest BCUT2D eigenvalue weighted by Crippen LogP contribution is 2.48. The summed E-state index contributed by atoms with van der Waals surface area (Å²) in [5, 5.41) is 2.13. The third-order valence-corrected chi connectivity index (χ3v) is 4.54. The summed E-state index contributed by atoms with van der Waals surface area (Å²) in [5.41, 5.74) is 6.19. The van der Waals surface area contributed by atoms with Gasteiger partial charge in [-0.25, -0.2) is 0 Å². The fraction of sp³-hybridized carbons (Fsp3) is 0.556. The number of halogens is 1. The van der Waals surface area contributed by atoms with Crippen LogP contribution in [0.15, 0.2) is 15.9 Å². The van der Waals surface area contributed by atoms with Gasteiger partial charge >= 0.3 is 0 Å². The molecule has 0 aromatic carbocycles. The van der Waals surface area contributed by atoms with Gasteiger partial charge in [-0.1, -0.05) is 0 Å². The number of rotatable bonds is 3. The van der Waals surface area contributed by atoms with Crippen LogP contribution in [0.25, 0.3) is 0 Å². The van der Waals surface area contributed by atoms with Crippen LogP contribution in [-0.4, -0.2) is 6.54 Å². The first-order valence-corrected chi connectivity index (χ1v) is 5.85. The predicted octanol–water partition coefficient (Wildman–Crippen LogP) is 2.79. The quantitative estimate of drug-likeness (QED) is 0.871. The molecule has 0 amide bonds. The zero-order chi connectivity index (χ0) is 8.60. The lowest BCUT2D eigenvalue weighted by Gasteiger charge is -2.10. The molecule has 1 aromatic rings. The van der Waals surface area contributed by atoms with Crippen molar-refractivity contribution in [3.8, 4) is 0 Å². The van der Waals surface area contributed by atoms with Gasteiger partial charge in [0, 0.05) is 9.35 Å². The van der Waals surface area contributed by atoms with Gasteiger partial charge in [0.2, 0.25) is 0 Å². The van der Waals surface area contributed by atoms with E-state index in [1.807, 2.05) is 11.3 Å². The maximum atomic E-state index is 5.72. The SMILES string of the molecule is NCC1(Cc2sccc2Br)CC1. The highest BCUT2D eigenvalue weighted by Gasteiger charge is 2.41. The largest absolute Gasteiger partial charge is 0.330 e. The Balaban J connectivity index is 2.08. The van der Waals surface area contributed by atoms with Crippen LogP contribution in [0.2, 0.25) is 0 Å². The summed E-state index contributed by atoms with van der Waals surface area (Å²) in [5.74, 6) is 0. The molecular formula is C9H12BrNS. The summed E-state index contributed by atoms with van der Waals surface area (Å²) in [6.45, 7) is 0.845. The van der Waals surface area contributed by atoms with E-state index in [1.165, 1.54) is 28.6 Å². The van der Waals surface area contributed by atoms with Crippen LogP contribution in [0.1, 0.15) is 17.7 Å². The molecule has 1 aromatic heterocycles. The van der Waals surface area contributed by atoms with Gasteiger partial charge in [-0.3, -0.25) is 0 Å². The van der Waals surface area contributed by atoms with E-state index in [-0.39, 0.29) is 0 Å². The van der Waals surface area contributed by atoms with Gasteiger partial charge in [0.15, 0.2) is 0 Å². The summed E-state index contributed by atoms with van der Waals surface area (Å²) >= 11 is 5.37. The third-order valence-electron chi connectivity index (χ3n) is 2.62. The summed E-state index contributed by atoms with van der Waals surface area (Å²) in [6, 6.07) is 2.12. The monoisotopic (exact) mass is 245 g/mol. The minimum absolute atomic E-state index is 0.466. The Morgan fingerprint density at radius 2 is 2.33 bits per heavy atom. The Kier molecular flexibility index (Phi) is 2.27. The van der Waals surface area contributed by atoms with Crippen LogP contribution in [0.5, 0.6) is 0 Å². The second kappa shape index (κ2) is 3.13. The van der Waals surface area contributed by atoms with E-state index in [2.05, 4.69) is 27.4 Å². The molecule has 2 N–H and O–H groups in total. The normalized spacial score (nSPS) is 19.5. The fourth-order valence-electron chi connectivity index (χ4n) is 1.42. The average molecular weight is 246 g/mol. The molecule has 12 heavy (non-hydrogen) atoms. The molecule has 1 heterocycles. The van der Waals surface area contributed by atoms with E-state index in [1.54, 1.807) is 0 Å². The molecule has 0 radical (unpaired) electrons. The minimum atomic E-state index is 0.466. The van der Waals surface area contributed by atoms with Crippen LogP contribution >= 0.6 is 27.3 Å². The molecule has 1 fully saturated rings. The van der Waals surface area contributed by atoms with Crippen molar-refractivity contribution in [2.45, 2.75) is 19.3 Å². The standard InChI is InChI=1S/C9H12BrNS/c10-7-1-4-12-8(7)5-9(6-11)2-3-9/h1,4H,2-3,5-6,11H2. The smallest absolute Gasteiger partial charge is 0.0314 e. The summed E-state index contributed by atoms with van der Waals surface area (Å²) < 4.78 is 1.26. The Labute approximate surface area is 85.1 Å². The van der Waals surface area contributed by atoms with Crippen LogP contribution in [-0.2, 0) is 6.42 Å². The molecule has 0 spiro atoms. The molecule has 1 saturated carbocycles. The lowest BCUT2D eigenvalue weighted by atomic mass is 10.0. The minimum Gasteiger partial charge on any atom is -0.330 e. The second-order valence-electron chi connectivity index (χ2n) is 3.57. The van der Waals surface area contributed by atoms with Crippen molar-refractivity contribution in [2.24, 2.45) is 11.1 Å². The first kappa shape index (κ1) is 8.73. The first-order valence-electron chi connectivity index (χ1n) is 4.18. The first-order chi connectivity index (χ1) is 5.76. The van der Waals surface area contributed by atoms with E-state index in [4.69, 9.17) is 5.73 Å². The van der Waals surface area contributed by atoms with Gasteiger partial charge in [0.25, 0.3) is 0 Å². The molecule has 0 unspecified atom stereocenters. The van der Waals surface area contributed by atoms with Gasteiger partial charge in [0.05, 0.1) is 0 Å². The molecule has 66 valence electrons. The number of nitrogens with two attached hydrogens (primary N) is 1. The molecule has 2 rings (SSSR count). The van der Waals surface area contributed by atoms with Gasteiger partial charge in [-0.2, -0.15) is 0 Å². The van der Waals surface area contributed by atoms with Crippen molar-refractivity contribution in [2.75, 3.05) is 6.54 Å². The van der Waals surface area contributed by atoms with Crippen LogP contribution < -0.4 is 5.73 Å². The van der Waals surface area contributed by atoms with E-state index >= 15 is 0 Å². The highest BCUT2D eigenvalue weighted by atomic mass is 79.9. The molecule has 1 aliphatic rings. The van der Waals surface area contributed by atoms with Gasteiger partial charge < -0.3 is 5.73 Å². The molecule has 3 heteroatoms. The lowest BCUT2D eigenvalue weighted by Crippen LogP contribution is -2.17. The van der Waals surface area contributed by atoms with Crippen molar-refractivity contribution in [3.05, 3.63) is 20.8 Å². The second-order valence-corrected chi connectivity index (χ2v) is 5.43. The van der Waals surface area contributed by atoms with Gasteiger partial charge in [-0.15, -0.1) is 11.3 Å². The van der Waals surface area contributed by atoms with Crippen molar-refractivity contribution >= 4 is 27.3 Å². The Hall–Kier alpha value is 0.140. The van der Waals surface area contributed by atoms with Crippen LogP contribution in [0.3, 0.4) is 0 Å². The summed E-state index contributed by atoms with van der Waals surface area (Å²) in [6.07, 6.45) is 3.80. The van der Waals surface area contributed by atoms with Crippen molar-refractivity contribution < 1.29 is 0 Å². The van der Waals surface area contributed by atoms with E-state index < -0.39 is 0 Å².